The van der Waals surface area contributed by atoms with Gasteiger partial charge in [-0.2, -0.15) is 0 Å². The van der Waals surface area contributed by atoms with Gasteiger partial charge in [-0.15, -0.1) is 0 Å². The molecule has 1 unspecified atom stereocenters. The van der Waals surface area contributed by atoms with E-state index in [4.69, 9.17) is 14.2 Å². The summed E-state index contributed by atoms with van der Waals surface area (Å²) in [5.41, 5.74) is 2.53. The first-order chi connectivity index (χ1) is 23.5. The van der Waals surface area contributed by atoms with E-state index in [2.05, 4.69) is 5.32 Å². The number of rotatable bonds is 16. The van der Waals surface area contributed by atoms with Crippen LogP contribution in [0.1, 0.15) is 30.5 Å². The molecule has 260 valence electrons. The number of hydrogen-bond acceptors (Lipinski definition) is 7. The van der Waals surface area contributed by atoms with Gasteiger partial charge in [-0.1, -0.05) is 74.0 Å². The topological polar surface area (TPSA) is 114 Å². The van der Waals surface area contributed by atoms with Gasteiger partial charge in [-0.3, -0.25) is 13.9 Å². The molecule has 10 nitrogen and oxygen atoms in total. The lowest BCUT2D eigenvalue weighted by atomic mass is 10.0. The number of nitrogens with zero attached hydrogens (tertiary/aromatic N) is 2. The Morgan fingerprint density at radius 2 is 1.43 bits per heavy atom. The Hall–Kier alpha value is -5.03. The van der Waals surface area contributed by atoms with Crippen LogP contribution in [0.3, 0.4) is 0 Å². The molecule has 0 aliphatic carbocycles. The highest BCUT2D eigenvalue weighted by Crippen LogP contribution is 2.36. The van der Waals surface area contributed by atoms with E-state index in [1.807, 2.05) is 57.2 Å². The van der Waals surface area contributed by atoms with Crippen LogP contribution in [0.25, 0.3) is 0 Å². The summed E-state index contributed by atoms with van der Waals surface area (Å²) in [7, 11) is 0.105. The lowest BCUT2D eigenvalue weighted by Gasteiger charge is -2.34. The summed E-state index contributed by atoms with van der Waals surface area (Å²) in [4.78, 5) is 30.2. The minimum atomic E-state index is -4.34. The molecule has 4 rings (SSSR count). The SMILES string of the molecule is COc1cccc(CN(C(=O)CN(c2cc(OC)ccc2OC)S(=O)(=O)c2ccc(C)cc2)C(Cc2ccccc2)C(=O)NCC(C)C)c1. The van der Waals surface area contributed by atoms with Crippen LogP contribution in [-0.2, 0) is 32.6 Å². The third-order valence-corrected chi connectivity index (χ3v) is 9.76. The first-order valence-electron chi connectivity index (χ1n) is 16.0. The van der Waals surface area contributed by atoms with E-state index in [9.17, 15) is 18.0 Å². The molecule has 0 fully saturated rings. The molecule has 1 N–H and O–H groups in total. The minimum Gasteiger partial charge on any atom is -0.497 e. The lowest BCUT2D eigenvalue weighted by Crippen LogP contribution is -2.53. The van der Waals surface area contributed by atoms with Gasteiger partial charge in [0, 0.05) is 25.6 Å². The van der Waals surface area contributed by atoms with E-state index in [1.165, 1.54) is 37.3 Å². The highest BCUT2D eigenvalue weighted by molar-refractivity contribution is 7.92. The van der Waals surface area contributed by atoms with Crippen LogP contribution in [0.5, 0.6) is 17.2 Å². The Morgan fingerprint density at radius 1 is 0.776 bits per heavy atom. The van der Waals surface area contributed by atoms with Gasteiger partial charge < -0.3 is 24.4 Å². The summed E-state index contributed by atoms with van der Waals surface area (Å²) in [6.07, 6.45) is 0.202. The van der Waals surface area contributed by atoms with Crippen molar-refractivity contribution in [2.45, 2.75) is 44.7 Å². The van der Waals surface area contributed by atoms with Gasteiger partial charge in [-0.25, -0.2) is 8.42 Å². The quantitative estimate of drug-likeness (QED) is 0.163. The van der Waals surface area contributed by atoms with Crippen LogP contribution in [0.2, 0.25) is 0 Å². The van der Waals surface area contributed by atoms with E-state index >= 15 is 0 Å². The van der Waals surface area contributed by atoms with Gasteiger partial charge in [0.05, 0.1) is 31.9 Å². The summed E-state index contributed by atoms with van der Waals surface area (Å²) < 4.78 is 46.4. The number of carbonyl (C=O) groups excluding carboxylic acids is 2. The Kier molecular flexibility index (Phi) is 12.7. The Bertz CT molecular complexity index is 1810. The molecule has 4 aromatic rings. The van der Waals surface area contributed by atoms with Crippen molar-refractivity contribution in [3.05, 3.63) is 114 Å². The Morgan fingerprint density at radius 3 is 2.06 bits per heavy atom. The van der Waals surface area contributed by atoms with E-state index in [1.54, 1.807) is 49.6 Å². The normalized spacial score (nSPS) is 11.8. The summed E-state index contributed by atoms with van der Waals surface area (Å²) in [6, 6.07) is 26.8. The number of hydrogen-bond donors (Lipinski definition) is 1. The molecule has 0 aliphatic heterocycles. The number of methoxy groups -OCH3 is 3. The molecule has 0 aliphatic rings. The second-order valence-corrected chi connectivity index (χ2v) is 13.9. The third-order valence-electron chi connectivity index (χ3n) is 7.99. The maximum absolute atomic E-state index is 14.8. The highest BCUT2D eigenvalue weighted by atomic mass is 32.2. The summed E-state index contributed by atoms with van der Waals surface area (Å²) in [5, 5.41) is 3.00. The van der Waals surface area contributed by atoms with Crippen molar-refractivity contribution in [1.29, 1.82) is 0 Å². The number of benzene rings is 4. The van der Waals surface area contributed by atoms with E-state index < -0.39 is 28.5 Å². The van der Waals surface area contributed by atoms with Crippen LogP contribution in [0.15, 0.2) is 102 Å². The zero-order valence-electron chi connectivity index (χ0n) is 28.9. The number of carbonyl (C=O) groups is 2. The number of sulfonamides is 1. The molecule has 0 heterocycles. The predicted octanol–water partition coefficient (Wildman–Crippen LogP) is 5.63. The van der Waals surface area contributed by atoms with Crippen LogP contribution in [0, 0.1) is 12.8 Å². The minimum absolute atomic E-state index is 0.00868. The molecular formula is C38H45N3O7S. The van der Waals surface area contributed by atoms with E-state index in [-0.39, 0.29) is 41.1 Å². The average Bonchev–Trinajstić information content (AvgIpc) is 3.11. The molecule has 4 aromatic carbocycles. The van der Waals surface area contributed by atoms with Gasteiger partial charge >= 0.3 is 0 Å². The van der Waals surface area contributed by atoms with Crippen LogP contribution in [-0.4, -0.2) is 65.6 Å². The van der Waals surface area contributed by atoms with Crippen LogP contribution < -0.4 is 23.8 Å². The molecule has 49 heavy (non-hydrogen) atoms. The van der Waals surface area contributed by atoms with Crippen molar-refractivity contribution in [2.24, 2.45) is 5.92 Å². The van der Waals surface area contributed by atoms with Gasteiger partial charge in [-0.05, 0) is 60.4 Å². The summed E-state index contributed by atoms with van der Waals surface area (Å²) in [6.45, 7) is 5.61. The predicted molar refractivity (Wildman–Crippen MR) is 191 cm³/mol. The van der Waals surface area contributed by atoms with Crippen LogP contribution in [0.4, 0.5) is 5.69 Å². The molecule has 2 amide bonds. The average molecular weight is 688 g/mol. The molecule has 0 radical (unpaired) electrons. The maximum atomic E-state index is 14.8. The first-order valence-corrected chi connectivity index (χ1v) is 17.5. The largest absolute Gasteiger partial charge is 0.497 e. The fourth-order valence-electron chi connectivity index (χ4n) is 5.29. The van der Waals surface area contributed by atoms with Crippen molar-refractivity contribution in [3.63, 3.8) is 0 Å². The van der Waals surface area contributed by atoms with Crippen molar-refractivity contribution >= 4 is 27.5 Å². The Balaban J connectivity index is 1.87. The molecule has 0 spiro atoms. The fourth-order valence-corrected chi connectivity index (χ4v) is 6.70. The Labute approximate surface area is 289 Å². The second-order valence-electron chi connectivity index (χ2n) is 12.1. The second kappa shape index (κ2) is 16.9. The molecule has 0 bridgehead atoms. The van der Waals surface area contributed by atoms with Gasteiger partial charge in [0.25, 0.3) is 10.0 Å². The van der Waals surface area contributed by atoms with Crippen molar-refractivity contribution < 1.29 is 32.2 Å². The number of amides is 2. The molecule has 1 atom stereocenters. The maximum Gasteiger partial charge on any atom is 0.264 e. The van der Waals surface area contributed by atoms with Gasteiger partial charge in [0.2, 0.25) is 11.8 Å². The summed E-state index contributed by atoms with van der Waals surface area (Å²) >= 11 is 0. The van der Waals surface area contributed by atoms with Crippen molar-refractivity contribution in [2.75, 3.05) is 38.7 Å². The number of anilines is 1. The lowest BCUT2D eigenvalue weighted by molar-refractivity contribution is -0.140. The number of ether oxygens (including phenoxy) is 3. The fraction of sp³-hybridized carbons (Fsp3) is 0.316. The monoisotopic (exact) mass is 687 g/mol. The molecule has 0 saturated carbocycles. The smallest absolute Gasteiger partial charge is 0.264 e. The van der Waals surface area contributed by atoms with Gasteiger partial charge in [0.15, 0.2) is 0 Å². The standard InChI is InChI=1S/C38H45N3O7S/c1-27(2)24-39-38(43)35(22-29-11-8-7-9-12-29)40(25-30-13-10-14-31(21-30)46-4)37(42)26-41(34-23-32(47-5)17-20-36(34)48-6)49(44,45)33-18-15-28(3)16-19-33/h7-21,23,27,35H,22,24-26H2,1-6H3,(H,39,43). The molecular weight excluding hydrogens is 642 g/mol. The zero-order valence-corrected chi connectivity index (χ0v) is 29.7. The number of nitrogens with one attached hydrogen (secondary N) is 1. The molecule has 11 heteroatoms. The molecule has 0 aromatic heterocycles. The van der Waals surface area contributed by atoms with Gasteiger partial charge in [0.1, 0.15) is 29.8 Å². The number of aryl methyl sites for hydroxylation is 1. The third kappa shape index (κ3) is 9.54. The molecule has 0 saturated heterocycles. The van der Waals surface area contributed by atoms with Crippen molar-refractivity contribution in [3.8, 4) is 17.2 Å². The summed E-state index contributed by atoms with van der Waals surface area (Å²) in [5.74, 6) is 0.400. The zero-order chi connectivity index (χ0) is 35.6. The highest BCUT2D eigenvalue weighted by Gasteiger charge is 2.36. The van der Waals surface area contributed by atoms with Crippen molar-refractivity contribution in [1.82, 2.24) is 10.2 Å². The van der Waals surface area contributed by atoms with Crippen LogP contribution >= 0.6 is 0 Å². The van der Waals surface area contributed by atoms with E-state index in [0.717, 1.165) is 15.4 Å². The van der Waals surface area contributed by atoms with E-state index in [0.29, 0.717) is 23.6 Å². The first kappa shape index (κ1) is 36.8.